The minimum absolute atomic E-state index is 0.0367. The molecule has 0 saturated carbocycles. The van der Waals surface area contributed by atoms with E-state index in [1.54, 1.807) is 12.4 Å². The number of hydrogen-bond acceptors (Lipinski definition) is 4. The lowest BCUT2D eigenvalue weighted by molar-refractivity contribution is 0.0721. The van der Waals surface area contributed by atoms with Crippen LogP contribution in [0.5, 0.6) is 0 Å². The number of pyridine rings is 1. The lowest BCUT2D eigenvalue weighted by atomic mass is 10.1. The second kappa shape index (κ2) is 5.49. The van der Waals surface area contributed by atoms with E-state index in [1.807, 2.05) is 34.8 Å². The second-order valence-corrected chi connectivity index (χ2v) is 5.97. The number of H-pyrrole nitrogens is 1. The summed E-state index contributed by atoms with van der Waals surface area (Å²) in [5.41, 5.74) is 2.19. The first-order chi connectivity index (χ1) is 11.2. The van der Waals surface area contributed by atoms with Gasteiger partial charge >= 0.3 is 0 Å². The smallest absolute Gasteiger partial charge is 0.255 e. The number of aromatic nitrogens is 5. The molecule has 0 spiro atoms. The third kappa shape index (κ3) is 2.48. The van der Waals surface area contributed by atoms with Crippen LogP contribution in [0.25, 0.3) is 11.0 Å². The van der Waals surface area contributed by atoms with Crippen LogP contribution in [0.4, 0.5) is 0 Å². The van der Waals surface area contributed by atoms with Crippen molar-refractivity contribution in [1.29, 1.82) is 0 Å². The molecule has 4 heterocycles. The second-order valence-electron chi connectivity index (χ2n) is 5.97. The maximum atomic E-state index is 12.9. The minimum Gasteiger partial charge on any atom is -0.334 e. The van der Waals surface area contributed by atoms with Crippen LogP contribution in [0, 0.1) is 6.92 Å². The number of nitrogens with zero attached hydrogens (tertiary/aromatic N) is 5. The van der Waals surface area contributed by atoms with Gasteiger partial charge in [-0.1, -0.05) is 0 Å². The first kappa shape index (κ1) is 13.9. The van der Waals surface area contributed by atoms with Crippen LogP contribution in [-0.2, 0) is 6.54 Å². The molecule has 0 aromatic carbocycles. The lowest BCUT2D eigenvalue weighted by Crippen LogP contribution is -2.38. The van der Waals surface area contributed by atoms with Crippen molar-refractivity contribution in [3.05, 3.63) is 42.0 Å². The first-order valence-corrected chi connectivity index (χ1v) is 7.81. The van der Waals surface area contributed by atoms with Crippen molar-refractivity contribution < 1.29 is 4.79 Å². The largest absolute Gasteiger partial charge is 0.334 e. The Bertz CT molecular complexity index is 838. The van der Waals surface area contributed by atoms with Gasteiger partial charge in [0, 0.05) is 36.2 Å². The molecule has 4 rings (SSSR count). The number of rotatable bonds is 3. The van der Waals surface area contributed by atoms with Crippen molar-refractivity contribution in [2.45, 2.75) is 32.4 Å². The molecule has 1 aliphatic rings. The molecule has 7 nitrogen and oxygen atoms in total. The molecule has 1 fully saturated rings. The van der Waals surface area contributed by atoms with E-state index in [-0.39, 0.29) is 11.9 Å². The number of fused-ring (bicyclic) bond motifs is 1. The number of hydrogen-bond donors (Lipinski definition) is 1. The highest BCUT2D eigenvalue weighted by atomic mass is 16.2. The fraction of sp³-hybridized carbons (Fsp3) is 0.375. The molecule has 3 aromatic heterocycles. The van der Waals surface area contributed by atoms with Gasteiger partial charge in [0.25, 0.3) is 5.91 Å². The molecule has 1 N–H and O–H groups in total. The van der Waals surface area contributed by atoms with Crippen LogP contribution in [0.3, 0.4) is 0 Å². The van der Waals surface area contributed by atoms with Crippen molar-refractivity contribution in [3.8, 4) is 0 Å². The van der Waals surface area contributed by atoms with Gasteiger partial charge in [0.05, 0.1) is 18.2 Å². The maximum Gasteiger partial charge on any atom is 0.255 e. The van der Waals surface area contributed by atoms with E-state index in [0.29, 0.717) is 11.2 Å². The standard InChI is InChI=1S/C16H18N6O/c1-11-14-8-12(9-17-15(14)20-19-11)16(23)22-7-2-4-13(22)10-21-6-3-5-18-21/h3,5-6,8-9,13H,2,4,7,10H2,1H3,(H,17,19,20). The highest BCUT2D eigenvalue weighted by Gasteiger charge is 2.30. The quantitative estimate of drug-likeness (QED) is 0.799. The van der Waals surface area contributed by atoms with Crippen molar-refractivity contribution >= 4 is 16.9 Å². The van der Waals surface area contributed by atoms with E-state index in [1.165, 1.54) is 0 Å². The number of carbonyl (C=O) groups excluding carboxylic acids is 1. The Hall–Kier alpha value is -2.70. The van der Waals surface area contributed by atoms with Gasteiger partial charge < -0.3 is 4.90 Å². The summed E-state index contributed by atoms with van der Waals surface area (Å²) >= 11 is 0. The summed E-state index contributed by atoms with van der Waals surface area (Å²) in [5.74, 6) is 0.0367. The normalized spacial score (nSPS) is 18.0. The molecule has 1 atom stereocenters. The molecular formula is C16H18N6O. The van der Waals surface area contributed by atoms with Gasteiger partial charge in [-0.05, 0) is 31.9 Å². The molecule has 7 heteroatoms. The summed E-state index contributed by atoms with van der Waals surface area (Å²) in [5, 5.41) is 12.2. The van der Waals surface area contributed by atoms with Gasteiger partial charge in [0.2, 0.25) is 0 Å². The maximum absolute atomic E-state index is 12.9. The topological polar surface area (TPSA) is 79.7 Å². The third-order valence-electron chi connectivity index (χ3n) is 4.44. The summed E-state index contributed by atoms with van der Waals surface area (Å²) in [6.07, 6.45) is 7.35. The Labute approximate surface area is 133 Å². The molecule has 1 aliphatic heterocycles. The molecule has 1 unspecified atom stereocenters. The van der Waals surface area contributed by atoms with E-state index in [4.69, 9.17) is 0 Å². The molecular weight excluding hydrogens is 292 g/mol. The summed E-state index contributed by atoms with van der Waals surface area (Å²) in [6.45, 7) is 3.45. The Morgan fingerprint density at radius 1 is 1.48 bits per heavy atom. The lowest BCUT2D eigenvalue weighted by Gasteiger charge is -2.24. The zero-order valence-corrected chi connectivity index (χ0v) is 12.9. The molecule has 23 heavy (non-hydrogen) atoms. The molecule has 3 aromatic rings. The number of likely N-dealkylation sites (tertiary alicyclic amines) is 1. The summed E-state index contributed by atoms with van der Waals surface area (Å²) in [4.78, 5) is 19.1. The fourth-order valence-corrected chi connectivity index (χ4v) is 3.22. The van der Waals surface area contributed by atoms with Gasteiger partial charge in [-0.2, -0.15) is 10.2 Å². The van der Waals surface area contributed by atoms with Crippen LogP contribution in [0.2, 0.25) is 0 Å². The Kier molecular flexibility index (Phi) is 3.33. The van der Waals surface area contributed by atoms with Crippen molar-refractivity contribution in [2.24, 2.45) is 0 Å². The van der Waals surface area contributed by atoms with Crippen LogP contribution < -0.4 is 0 Å². The third-order valence-corrected chi connectivity index (χ3v) is 4.44. The zero-order chi connectivity index (χ0) is 15.8. The van der Waals surface area contributed by atoms with Crippen LogP contribution in [-0.4, -0.2) is 48.4 Å². The van der Waals surface area contributed by atoms with Crippen molar-refractivity contribution in [2.75, 3.05) is 6.54 Å². The Balaban J connectivity index is 1.59. The van der Waals surface area contributed by atoms with E-state index >= 15 is 0 Å². The summed E-state index contributed by atoms with van der Waals surface area (Å²) < 4.78 is 1.89. The average molecular weight is 310 g/mol. The molecule has 0 aliphatic carbocycles. The van der Waals surface area contributed by atoms with E-state index in [9.17, 15) is 4.79 Å². The fourth-order valence-electron chi connectivity index (χ4n) is 3.22. The van der Waals surface area contributed by atoms with Gasteiger partial charge in [-0.3, -0.25) is 14.6 Å². The molecule has 118 valence electrons. The molecule has 1 amide bonds. The van der Waals surface area contributed by atoms with Crippen LogP contribution in [0.15, 0.2) is 30.7 Å². The first-order valence-electron chi connectivity index (χ1n) is 7.81. The molecule has 0 bridgehead atoms. The number of nitrogens with one attached hydrogen (secondary N) is 1. The number of carbonyl (C=O) groups is 1. The highest BCUT2D eigenvalue weighted by Crippen LogP contribution is 2.23. The Morgan fingerprint density at radius 3 is 3.22 bits per heavy atom. The van der Waals surface area contributed by atoms with E-state index in [2.05, 4.69) is 20.3 Å². The Morgan fingerprint density at radius 2 is 2.39 bits per heavy atom. The van der Waals surface area contributed by atoms with Crippen molar-refractivity contribution in [1.82, 2.24) is 29.9 Å². The van der Waals surface area contributed by atoms with Gasteiger partial charge in [0.1, 0.15) is 0 Å². The number of aromatic amines is 1. The predicted octanol–water partition coefficient (Wildman–Crippen LogP) is 1.77. The predicted molar refractivity (Wildman–Crippen MR) is 84.9 cm³/mol. The van der Waals surface area contributed by atoms with E-state index < -0.39 is 0 Å². The number of amides is 1. The summed E-state index contributed by atoms with van der Waals surface area (Å²) in [6, 6.07) is 3.97. The van der Waals surface area contributed by atoms with Crippen LogP contribution in [0.1, 0.15) is 28.9 Å². The monoisotopic (exact) mass is 310 g/mol. The van der Waals surface area contributed by atoms with Crippen molar-refractivity contribution in [3.63, 3.8) is 0 Å². The zero-order valence-electron chi connectivity index (χ0n) is 12.9. The minimum atomic E-state index is 0.0367. The van der Waals surface area contributed by atoms with Crippen LogP contribution >= 0.6 is 0 Å². The molecule has 0 radical (unpaired) electrons. The highest BCUT2D eigenvalue weighted by molar-refractivity contribution is 5.97. The average Bonchev–Trinajstić information content (AvgIpc) is 3.29. The van der Waals surface area contributed by atoms with Gasteiger partial charge in [-0.15, -0.1) is 0 Å². The molecule has 1 saturated heterocycles. The summed E-state index contributed by atoms with van der Waals surface area (Å²) in [7, 11) is 0. The number of aryl methyl sites for hydroxylation is 1. The van der Waals surface area contributed by atoms with Gasteiger partial charge in [0.15, 0.2) is 5.65 Å². The van der Waals surface area contributed by atoms with Gasteiger partial charge in [-0.25, -0.2) is 4.98 Å². The SMILES string of the molecule is Cc1[nH]nc2ncc(C(=O)N3CCCC3Cn3cccn3)cc12. The van der Waals surface area contributed by atoms with E-state index in [0.717, 1.165) is 37.0 Å².